The maximum Gasteiger partial charge on any atom is 0.205 e. The Labute approximate surface area is 114 Å². The van der Waals surface area contributed by atoms with Crippen LogP contribution in [0.3, 0.4) is 0 Å². The summed E-state index contributed by atoms with van der Waals surface area (Å²) in [6.07, 6.45) is 0. The van der Waals surface area contributed by atoms with Crippen LogP contribution in [0, 0.1) is 24.1 Å². The van der Waals surface area contributed by atoms with E-state index in [2.05, 4.69) is 11.1 Å². The van der Waals surface area contributed by atoms with Crippen LogP contribution in [0.1, 0.15) is 11.1 Å². The number of benzene rings is 2. The lowest BCUT2D eigenvalue weighted by atomic mass is 10.1. The smallest absolute Gasteiger partial charge is 0.205 e. The number of nitriles is 1. The molecule has 0 aliphatic rings. The molecule has 20 heavy (non-hydrogen) atoms. The van der Waals surface area contributed by atoms with Crippen LogP contribution in [0.15, 0.2) is 36.4 Å². The van der Waals surface area contributed by atoms with Crippen LogP contribution in [0.5, 0.6) is 0 Å². The molecule has 0 amide bonds. The van der Waals surface area contributed by atoms with Gasteiger partial charge in [-0.3, -0.25) is 4.57 Å². The molecule has 3 aromatic rings. The molecule has 98 valence electrons. The molecular formula is C15H11FN4. The van der Waals surface area contributed by atoms with Gasteiger partial charge in [0, 0.05) is 6.07 Å². The van der Waals surface area contributed by atoms with Crippen molar-refractivity contribution in [2.45, 2.75) is 6.92 Å². The quantitative estimate of drug-likeness (QED) is 0.736. The summed E-state index contributed by atoms with van der Waals surface area (Å²) in [5, 5.41) is 9.01. The molecule has 0 unspecified atom stereocenters. The summed E-state index contributed by atoms with van der Waals surface area (Å²) >= 11 is 0. The fraction of sp³-hybridized carbons (Fsp3) is 0.0667. The van der Waals surface area contributed by atoms with Crippen LogP contribution < -0.4 is 5.73 Å². The van der Waals surface area contributed by atoms with E-state index in [1.165, 1.54) is 12.1 Å². The van der Waals surface area contributed by atoms with Crippen molar-refractivity contribution >= 4 is 17.0 Å². The number of halogens is 1. The number of hydrogen-bond acceptors (Lipinski definition) is 3. The van der Waals surface area contributed by atoms with E-state index in [0.717, 1.165) is 11.3 Å². The van der Waals surface area contributed by atoms with E-state index in [1.807, 2.05) is 13.0 Å². The van der Waals surface area contributed by atoms with Crippen LogP contribution in [0.4, 0.5) is 10.3 Å². The van der Waals surface area contributed by atoms with Crippen molar-refractivity contribution in [3.05, 3.63) is 53.3 Å². The first-order valence-electron chi connectivity index (χ1n) is 6.05. The van der Waals surface area contributed by atoms with Crippen LogP contribution >= 0.6 is 0 Å². The summed E-state index contributed by atoms with van der Waals surface area (Å²) in [4.78, 5) is 4.16. The van der Waals surface area contributed by atoms with E-state index >= 15 is 0 Å². The largest absolute Gasteiger partial charge is 0.369 e. The number of rotatable bonds is 1. The van der Waals surface area contributed by atoms with E-state index in [0.29, 0.717) is 16.6 Å². The van der Waals surface area contributed by atoms with Crippen LogP contribution in [0.2, 0.25) is 0 Å². The fourth-order valence-corrected chi connectivity index (χ4v) is 2.25. The zero-order valence-corrected chi connectivity index (χ0v) is 10.8. The Morgan fingerprint density at radius 2 is 2.05 bits per heavy atom. The molecule has 3 rings (SSSR count). The number of aryl methyl sites for hydroxylation is 1. The van der Waals surface area contributed by atoms with Gasteiger partial charge >= 0.3 is 0 Å². The number of nitrogen functional groups attached to an aromatic ring is 1. The molecule has 1 aromatic heterocycles. The number of imidazole rings is 1. The number of hydrogen-bond donors (Lipinski definition) is 1. The van der Waals surface area contributed by atoms with Gasteiger partial charge in [0.1, 0.15) is 5.82 Å². The standard InChI is InChI=1S/C15H11FN4/c1-9-2-3-10(8-17)6-14(9)20-13-5-4-11(16)7-12(13)19-15(20)18/h2-7H,1H3,(H2,18,19). The molecule has 0 saturated heterocycles. The van der Waals surface area contributed by atoms with Gasteiger partial charge in [-0.05, 0) is 36.8 Å². The third kappa shape index (κ3) is 1.79. The lowest BCUT2D eigenvalue weighted by molar-refractivity contribution is 0.629. The Balaban J connectivity index is 2.35. The van der Waals surface area contributed by atoms with Crippen molar-refractivity contribution in [3.63, 3.8) is 0 Å². The predicted octanol–water partition coefficient (Wildman–Crippen LogP) is 2.93. The first kappa shape index (κ1) is 12.2. The second-order valence-corrected chi connectivity index (χ2v) is 4.55. The van der Waals surface area contributed by atoms with Crippen LogP contribution in [0.25, 0.3) is 16.7 Å². The normalized spacial score (nSPS) is 10.7. The average Bonchev–Trinajstić information content (AvgIpc) is 2.74. The molecule has 0 fully saturated rings. The number of fused-ring (bicyclic) bond motifs is 1. The van der Waals surface area contributed by atoms with Crippen molar-refractivity contribution in [2.75, 3.05) is 5.73 Å². The van der Waals surface area contributed by atoms with E-state index in [4.69, 9.17) is 11.0 Å². The Bertz CT molecular complexity index is 858. The molecule has 0 bridgehead atoms. The van der Waals surface area contributed by atoms with Gasteiger partial charge in [0.2, 0.25) is 5.95 Å². The van der Waals surface area contributed by atoms with E-state index < -0.39 is 0 Å². The summed E-state index contributed by atoms with van der Waals surface area (Å²) in [7, 11) is 0. The van der Waals surface area contributed by atoms with Gasteiger partial charge < -0.3 is 5.73 Å². The third-order valence-corrected chi connectivity index (χ3v) is 3.22. The monoisotopic (exact) mass is 266 g/mol. The first-order chi connectivity index (χ1) is 9.60. The molecule has 0 aliphatic carbocycles. The molecule has 2 aromatic carbocycles. The average molecular weight is 266 g/mol. The molecule has 0 saturated carbocycles. The number of nitrogens with two attached hydrogens (primary N) is 1. The van der Waals surface area contributed by atoms with Gasteiger partial charge in [-0.2, -0.15) is 5.26 Å². The van der Waals surface area contributed by atoms with Crippen molar-refractivity contribution in [1.82, 2.24) is 9.55 Å². The number of anilines is 1. The maximum atomic E-state index is 13.2. The van der Waals surface area contributed by atoms with Crippen molar-refractivity contribution < 1.29 is 4.39 Å². The van der Waals surface area contributed by atoms with Crippen molar-refractivity contribution in [1.29, 1.82) is 5.26 Å². The summed E-state index contributed by atoms with van der Waals surface area (Å²) < 4.78 is 15.0. The lowest BCUT2D eigenvalue weighted by Crippen LogP contribution is -2.03. The van der Waals surface area contributed by atoms with Gasteiger partial charge in [-0.25, -0.2) is 9.37 Å². The molecule has 1 heterocycles. The number of nitrogens with zero attached hydrogens (tertiary/aromatic N) is 3. The van der Waals surface area contributed by atoms with Gasteiger partial charge in [-0.1, -0.05) is 6.07 Å². The predicted molar refractivity (Wildman–Crippen MR) is 74.9 cm³/mol. The third-order valence-electron chi connectivity index (χ3n) is 3.22. The minimum atomic E-state index is -0.357. The van der Waals surface area contributed by atoms with Gasteiger partial charge in [0.15, 0.2) is 0 Å². The lowest BCUT2D eigenvalue weighted by Gasteiger charge is -2.10. The van der Waals surface area contributed by atoms with Gasteiger partial charge in [0.25, 0.3) is 0 Å². The highest BCUT2D eigenvalue weighted by molar-refractivity contribution is 5.81. The first-order valence-corrected chi connectivity index (χ1v) is 6.05. The topological polar surface area (TPSA) is 67.6 Å². The minimum absolute atomic E-state index is 0.267. The Kier molecular flexibility index (Phi) is 2.65. The van der Waals surface area contributed by atoms with Crippen LogP contribution in [-0.2, 0) is 0 Å². The highest BCUT2D eigenvalue weighted by atomic mass is 19.1. The highest BCUT2D eigenvalue weighted by Crippen LogP contribution is 2.26. The zero-order valence-electron chi connectivity index (χ0n) is 10.8. The zero-order chi connectivity index (χ0) is 14.3. The molecule has 2 N–H and O–H groups in total. The second-order valence-electron chi connectivity index (χ2n) is 4.55. The maximum absolute atomic E-state index is 13.2. The van der Waals surface area contributed by atoms with Crippen molar-refractivity contribution in [2.24, 2.45) is 0 Å². The Hall–Kier alpha value is -2.87. The molecule has 0 radical (unpaired) electrons. The van der Waals surface area contributed by atoms with Crippen LogP contribution in [-0.4, -0.2) is 9.55 Å². The summed E-state index contributed by atoms with van der Waals surface area (Å²) in [6, 6.07) is 11.8. The summed E-state index contributed by atoms with van der Waals surface area (Å²) in [5.41, 5.74) is 9.41. The molecular weight excluding hydrogens is 255 g/mol. The number of aromatic nitrogens is 2. The highest BCUT2D eigenvalue weighted by Gasteiger charge is 2.13. The fourth-order valence-electron chi connectivity index (χ4n) is 2.25. The second kappa shape index (κ2) is 4.35. The molecule has 0 atom stereocenters. The van der Waals surface area contributed by atoms with Crippen molar-refractivity contribution in [3.8, 4) is 11.8 Å². The molecule has 0 aliphatic heterocycles. The van der Waals surface area contributed by atoms with Gasteiger partial charge in [0.05, 0.1) is 28.4 Å². The molecule has 0 spiro atoms. The Morgan fingerprint density at radius 3 is 2.80 bits per heavy atom. The SMILES string of the molecule is Cc1ccc(C#N)cc1-n1c(N)nc2cc(F)ccc21. The molecule has 4 nitrogen and oxygen atoms in total. The van der Waals surface area contributed by atoms with E-state index in [-0.39, 0.29) is 11.8 Å². The summed E-state index contributed by atoms with van der Waals surface area (Å²) in [6.45, 7) is 1.92. The van der Waals surface area contributed by atoms with E-state index in [1.54, 1.807) is 22.8 Å². The summed E-state index contributed by atoms with van der Waals surface area (Å²) in [5.74, 6) is -0.0894. The minimum Gasteiger partial charge on any atom is -0.369 e. The van der Waals surface area contributed by atoms with Gasteiger partial charge in [-0.15, -0.1) is 0 Å². The Morgan fingerprint density at radius 1 is 1.25 bits per heavy atom. The molecule has 5 heteroatoms. The van der Waals surface area contributed by atoms with E-state index in [9.17, 15) is 4.39 Å².